The van der Waals surface area contributed by atoms with Gasteiger partial charge in [0.25, 0.3) is 0 Å². The van der Waals surface area contributed by atoms with Gasteiger partial charge < -0.3 is 48.0 Å². The summed E-state index contributed by atoms with van der Waals surface area (Å²) in [5, 5.41) is 28.4. The van der Waals surface area contributed by atoms with E-state index in [1.807, 2.05) is 0 Å². The third-order valence-corrected chi connectivity index (χ3v) is 14.8. The summed E-state index contributed by atoms with van der Waals surface area (Å²) in [4.78, 5) is 62.5. The summed E-state index contributed by atoms with van der Waals surface area (Å²) in [5.74, 6) is -4.17. The quantitative estimate of drug-likeness (QED) is 0.106. The number of aromatic nitrogens is 4. The summed E-state index contributed by atoms with van der Waals surface area (Å²) in [5.41, 5.74) is 0.588. The molecule has 0 bridgehead atoms. The highest BCUT2D eigenvalue weighted by Gasteiger charge is 2.42. The largest absolute Gasteiger partial charge is 0.489 e. The van der Waals surface area contributed by atoms with Gasteiger partial charge in [-0.3, -0.25) is 9.59 Å². The monoisotopic (exact) mass is 994 g/mol. The van der Waals surface area contributed by atoms with Crippen LogP contribution in [-0.4, -0.2) is 103 Å². The van der Waals surface area contributed by atoms with Crippen LogP contribution in [0.15, 0.2) is 33.3 Å². The first kappa shape index (κ1) is 51.0. The van der Waals surface area contributed by atoms with Gasteiger partial charge in [0, 0.05) is 26.2 Å². The van der Waals surface area contributed by atoms with E-state index in [9.17, 15) is 42.6 Å². The zero-order valence-corrected chi connectivity index (χ0v) is 40.4. The number of ether oxygens (including phenoxy) is 4. The van der Waals surface area contributed by atoms with Gasteiger partial charge in [0.15, 0.2) is 23.0 Å². The Hall–Kier alpha value is -6.41. The van der Waals surface area contributed by atoms with E-state index < -0.39 is 65.6 Å². The van der Waals surface area contributed by atoms with Crippen molar-refractivity contribution in [2.45, 2.75) is 160 Å². The van der Waals surface area contributed by atoms with Crippen LogP contribution in [0.1, 0.15) is 130 Å². The number of carboxylic acid groups (broad SMARTS) is 2. The maximum Gasteiger partial charge on any atom is 0.437 e. The molecule has 5 atom stereocenters. The molecule has 2 N–H and O–H groups in total. The zero-order chi connectivity index (χ0) is 50.6. The van der Waals surface area contributed by atoms with E-state index in [0.29, 0.717) is 53.4 Å². The van der Waals surface area contributed by atoms with Crippen LogP contribution in [-0.2, 0) is 44.9 Å². The maximum absolute atomic E-state index is 14.7. The van der Waals surface area contributed by atoms with Crippen molar-refractivity contribution in [3.63, 3.8) is 0 Å². The average Bonchev–Trinajstić information content (AvgIpc) is 4.20. The summed E-state index contributed by atoms with van der Waals surface area (Å²) in [6, 6.07) is 5.86. The minimum atomic E-state index is -4.99. The number of hydrogen-bond acceptors (Lipinski definition) is 14. The summed E-state index contributed by atoms with van der Waals surface area (Å²) in [6.07, 6.45) is 2.86. The number of aryl methyl sites for hydroxylation is 2. The fraction of sp³-hybridized carbons (Fsp3) is 0.600. The highest BCUT2D eigenvalue weighted by atomic mass is 19.4. The Morgan fingerprint density at radius 2 is 1.23 bits per heavy atom. The Morgan fingerprint density at radius 1 is 0.662 bits per heavy atom. The van der Waals surface area contributed by atoms with Crippen LogP contribution in [0.3, 0.4) is 0 Å². The Bertz CT molecular complexity index is 2550. The lowest BCUT2D eigenvalue weighted by molar-refractivity contribution is -0.148. The number of aliphatic carboxylic acids is 2. The molecule has 0 spiro atoms. The molecule has 18 nitrogen and oxygen atoms in total. The molecule has 384 valence electrons. The minimum Gasteiger partial charge on any atom is -0.489 e. The lowest BCUT2D eigenvalue weighted by atomic mass is 9.75. The summed E-state index contributed by atoms with van der Waals surface area (Å²) in [6.45, 7) is 2.75. The van der Waals surface area contributed by atoms with Crippen molar-refractivity contribution in [1.29, 1.82) is 0 Å². The number of halogens is 3. The van der Waals surface area contributed by atoms with E-state index in [1.165, 1.54) is 11.0 Å². The van der Waals surface area contributed by atoms with Crippen LogP contribution in [0.25, 0.3) is 22.9 Å². The Labute approximate surface area is 408 Å². The number of carbonyl (C=O) groups excluding carboxylic acids is 2. The van der Waals surface area contributed by atoms with Crippen LogP contribution < -0.4 is 9.47 Å². The van der Waals surface area contributed by atoms with Crippen molar-refractivity contribution < 1.29 is 70.6 Å². The van der Waals surface area contributed by atoms with E-state index in [0.717, 1.165) is 63.9 Å². The molecule has 0 saturated heterocycles. The standard InChI is InChI=1S/C50H61F3N6O12/c1-27-36(25-66-48(64)58(3)31-11-5-6-12-31)43(70-56-27)39-19-21-42(45(55-39)50(51,52)53)69-34-17-16-29(35(24-34)47(62)63)23-40-37(26-67-49(65)59(4)32-13-7-8-14-32)44(71-57-40)38-18-20-41(28(2)54-38)68-33-15-9-10-30(22-33)46(60)61/h18-21,29-35H,5-17,22-26H2,1-4H3,(H,60,61)(H,62,63)/t29?,30-,33-,34-,35+/m0/s1. The molecule has 0 aliphatic heterocycles. The van der Waals surface area contributed by atoms with Crippen LogP contribution in [0, 0.1) is 31.6 Å². The van der Waals surface area contributed by atoms with Gasteiger partial charge in [-0.25, -0.2) is 19.6 Å². The predicted octanol–water partition coefficient (Wildman–Crippen LogP) is 9.96. The average molecular weight is 995 g/mol. The third-order valence-electron chi connectivity index (χ3n) is 14.8. The molecule has 4 aliphatic carbocycles. The van der Waals surface area contributed by atoms with Gasteiger partial charge in [0.05, 0.1) is 52.3 Å². The Morgan fingerprint density at radius 3 is 1.83 bits per heavy atom. The molecule has 4 heterocycles. The van der Waals surface area contributed by atoms with Crippen LogP contribution in [0.4, 0.5) is 22.8 Å². The van der Waals surface area contributed by atoms with E-state index in [4.69, 9.17) is 33.0 Å². The molecule has 0 aromatic carbocycles. The first-order valence-corrected chi connectivity index (χ1v) is 24.5. The highest BCUT2D eigenvalue weighted by Crippen LogP contribution is 2.42. The molecule has 1 unspecified atom stereocenters. The number of alkyl halides is 3. The van der Waals surface area contributed by atoms with Gasteiger partial charge in [-0.05, 0) is 121 Å². The molecule has 0 radical (unpaired) electrons. The normalized spacial score (nSPS) is 22.0. The Kier molecular flexibility index (Phi) is 15.7. The molecule has 4 aromatic rings. The predicted molar refractivity (Wildman–Crippen MR) is 245 cm³/mol. The van der Waals surface area contributed by atoms with Crippen molar-refractivity contribution >= 4 is 24.1 Å². The van der Waals surface area contributed by atoms with Crippen LogP contribution in [0.2, 0.25) is 0 Å². The SMILES string of the molecule is Cc1nc(-c2onc(CC3CC[C@H](Oc4ccc(-c5onc(C)c5COC(=O)N(C)C5CCCC5)nc4C(F)(F)F)C[C@H]3C(=O)O)c2COC(=O)N(C)C2CCCC2)ccc1O[C@H]1CCC[C@H](C(=O)O)C1. The van der Waals surface area contributed by atoms with Crippen LogP contribution in [0.5, 0.6) is 11.5 Å². The van der Waals surface area contributed by atoms with E-state index in [-0.39, 0.29) is 79.9 Å². The first-order valence-electron chi connectivity index (χ1n) is 24.5. The molecule has 4 fully saturated rings. The van der Waals surface area contributed by atoms with Crippen molar-refractivity contribution in [3.8, 4) is 34.4 Å². The van der Waals surface area contributed by atoms with Gasteiger partial charge >= 0.3 is 30.3 Å². The van der Waals surface area contributed by atoms with Crippen molar-refractivity contribution in [2.75, 3.05) is 14.1 Å². The first-order chi connectivity index (χ1) is 33.9. The second kappa shape index (κ2) is 21.9. The van der Waals surface area contributed by atoms with Crippen molar-refractivity contribution in [3.05, 3.63) is 58.2 Å². The van der Waals surface area contributed by atoms with Gasteiger partial charge in [0.1, 0.15) is 30.4 Å². The minimum absolute atomic E-state index is 0.0344. The molecule has 2 amide bonds. The summed E-state index contributed by atoms with van der Waals surface area (Å²) in [7, 11) is 3.34. The van der Waals surface area contributed by atoms with E-state index in [1.54, 1.807) is 45.0 Å². The van der Waals surface area contributed by atoms with Gasteiger partial charge in [-0.15, -0.1) is 0 Å². The number of amides is 2. The smallest absolute Gasteiger partial charge is 0.437 e. The summed E-state index contributed by atoms with van der Waals surface area (Å²) >= 11 is 0. The lowest BCUT2D eigenvalue weighted by Crippen LogP contribution is -2.37. The number of rotatable bonds is 16. The molecule has 21 heteroatoms. The maximum atomic E-state index is 14.7. The number of nitrogens with zero attached hydrogens (tertiary/aromatic N) is 6. The van der Waals surface area contributed by atoms with Crippen molar-refractivity contribution in [2.24, 2.45) is 17.8 Å². The highest BCUT2D eigenvalue weighted by molar-refractivity contribution is 5.71. The second-order valence-corrected chi connectivity index (χ2v) is 19.4. The summed E-state index contributed by atoms with van der Waals surface area (Å²) < 4.78 is 79.1. The molecular formula is C50H61F3N6O12. The molecule has 4 aliphatic rings. The van der Waals surface area contributed by atoms with Gasteiger partial charge in [-0.2, -0.15) is 13.2 Å². The van der Waals surface area contributed by atoms with E-state index in [2.05, 4.69) is 15.3 Å². The molecule has 4 saturated carbocycles. The molecule has 71 heavy (non-hydrogen) atoms. The molecule has 4 aromatic heterocycles. The van der Waals surface area contributed by atoms with Crippen LogP contribution >= 0.6 is 0 Å². The Balaban J connectivity index is 0.982. The number of hydrogen-bond donors (Lipinski definition) is 2. The molecular weight excluding hydrogens is 934 g/mol. The second-order valence-electron chi connectivity index (χ2n) is 19.4. The topological polar surface area (TPSA) is 230 Å². The van der Waals surface area contributed by atoms with Gasteiger partial charge in [-0.1, -0.05) is 36.0 Å². The lowest BCUT2D eigenvalue weighted by Gasteiger charge is -2.34. The third kappa shape index (κ3) is 11.9. The fourth-order valence-electron chi connectivity index (χ4n) is 10.6. The molecule has 8 rings (SSSR count). The number of carboxylic acids is 2. The number of carbonyl (C=O) groups is 4. The number of pyridine rings is 2. The van der Waals surface area contributed by atoms with Gasteiger partial charge in [0.2, 0.25) is 0 Å². The zero-order valence-electron chi connectivity index (χ0n) is 40.4. The van der Waals surface area contributed by atoms with E-state index >= 15 is 0 Å². The fourth-order valence-corrected chi connectivity index (χ4v) is 10.6. The van der Waals surface area contributed by atoms with Crippen molar-refractivity contribution in [1.82, 2.24) is 30.1 Å².